The van der Waals surface area contributed by atoms with E-state index in [-0.39, 0.29) is 12.3 Å². The van der Waals surface area contributed by atoms with Gasteiger partial charge < -0.3 is 14.2 Å². The molecule has 1 aliphatic heterocycles. The van der Waals surface area contributed by atoms with Gasteiger partial charge >= 0.3 is 5.69 Å². The number of nitro benzene ring substituents is 1. The Morgan fingerprint density at radius 2 is 1.94 bits per heavy atom. The second kappa shape index (κ2) is 5.32. The second-order valence-electron chi connectivity index (χ2n) is 4.12. The van der Waals surface area contributed by atoms with Gasteiger partial charge in [0, 0.05) is 5.56 Å². The summed E-state index contributed by atoms with van der Waals surface area (Å²) >= 11 is 0. The molecular weight excluding hydrogens is 238 g/mol. The summed E-state index contributed by atoms with van der Waals surface area (Å²) in [4.78, 5) is 10.6. The first kappa shape index (κ1) is 12.8. The third-order valence-corrected chi connectivity index (χ3v) is 2.77. The van der Waals surface area contributed by atoms with Gasteiger partial charge in [0.1, 0.15) is 6.61 Å². The van der Waals surface area contributed by atoms with E-state index >= 15 is 0 Å². The van der Waals surface area contributed by atoms with E-state index in [1.54, 1.807) is 26.0 Å². The minimum absolute atomic E-state index is 0.00740. The van der Waals surface area contributed by atoms with Crippen LogP contribution in [-0.2, 0) is 9.47 Å². The molecule has 0 amide bonds. The van der Waals surface area contributed by atoms with E-state index in [2.05, 4.69) is 0 Å². The zero-order chi connectivity index (χ0) is 13.1. The van der Waals surface area contributed by atoms with Gasteiger partial charge in [0.15, 0.2) is 6.29 Å². The maximum absolute atomic E-state index is 11.1. The Hall–Kier alpha value is -1.66. The molecule has 1 aromatic carbocycles. The first-order valence-corrected chi connectivity index (χ1v) is 5.70. The van der Waals surface area contributed by atoms with Gasteiger partial charge in [-0.2, -0.15) is 0 Å². The van der Waals surface area contributed by atoms with E-state index in [0.717, 1.165) is 5.56 Å². The van der Waals surface area contributed by atoms with E-state index in [1.807, 2.05) is 0 Å². The molecule has 1 heterocycles. The fraction of sp³-hybridized carbons (Fsp3) is 0.500. The van der Waals surface area contributed by atoms with Crippen molar-refractivity contribution in [1.82, 2.24) is 0 Å². The van der Waals surface area contributed by atoms with Crippen LogP contribution in [0.2, 0.25) is 0 Å². The Kier molecular flexibility index (Phi) is 3.78. The Balaban J connectivity index is 2.19. The van der Waals surface area contributed by atoms with Crippen molar-refractivity contribution in [3.63, 3.8) is 0 Å². The summed E-state index contributed by atoms with van der Waals surface area (Å²) in [6.45, 7) is 4.68. The van der Waals surface area contributed by atoms with E-state index in [0.29, 0.717) is 24.5 Å². The number of hydrogen-bond donors (Lipinski definition) is 0. The van der Waals surface area contributed by atoms with Gasteiger partial charge in [-0.1, -0.05) is 12.1 Å². The second-order valence-corrected chi connectivity index (χ2v) is 4.12. The molecule has 0 aliphatic carbocycles. The van der Waals surface area contributed by atoms with Crippen LogP contribution in [0, 0.1) is 24.0 Å². The number of aryl methyl sites for hydroxylation is 2. The van der Waals surface area contributed by atoms with Crippen LogP contribution in [0.1, 0.15) is 11.1 Å². The lowest BCUT2D eigenvalue weighted by atomic mass is 10.1. The zero-order valence-corrected chi connectivity index (χ0v) is 10.3. The summed E-state index contributed by atoms with van der Waals surface area (Å²) in [5.74, 6) is 0.291. The first-order chi connectivity index (χ1) is 8.59. The van der Waals surface area contributed by atoms with Crippen LogP contribution >= 0.6 is 0 Å². The Morgan fingerprint density at radius 3 is 2.56 bits per heavy atom. The predicted octanol–water partition coefficient (Wildman–Crippen LogP) is 1.96. The molecule has 0 radical (unpaired) electrons. The Morgan fingerprint density at radius 1 is 1.33 bits per heavy atom. The molecule has 0 unspecified atom stereocenters. The molecule has 2 rings (SSSR count). The molecule has 1 aliphatic rings. The molecule has 0 bridgehead atoms. The molecule has 98 valence electrons. The summed E-state index contributed by atoms with van der Waals surface area (Å²) in [7, 11) is 0. The van der Waals surface area contributed by atoms with Gasteiger partial charge in [-0.25, -0.2) is 0 Å². The third kappa shape index (κ3) is 2.60. The molecule has 0 N–H and O–H groups in total. The van der Waals surface area contributed by atoms with Crippen molar-refractivity contribution >= 4 is 5.69 Å². The van der Waals surface area contributed by atoms with Crippen LogP contribution in [0.5, 0.6) is 5.75 Å². The highest BCUT2D eigenvalue weighted by molar-refractivity contribution is 5.56. The highest BCUT2D eigenvalue weighted by Gasteiger charge is 2.23. The van der Waals surface area contributed by atoms with Crippen molar-refractivity contribution < 1.29 is 19.1 Å². The summed E-state index contributed by atoms with van der Waals surface area (Å²) in [6, 6.07) is 3.51. The average molecular weight is 253 g/mol. The monoisotopic (exact) mass is 253 g/mol. The first-order valence-electron chi connectivity index (χ1n) is 5.70. The normalized spacial score (nSPS) is 15.9. The van der Waals surface area contributed by atoms with Gasteiger partial charge in [-0.05, 0) is 19.4 Å². The molecule has 0 spiro atoms. The number of nitro groups is 1. The number of ether oxygens (including phenoxy) is 3. The minimum atomic E-state index is -0.440. The largest absolute Gasteiger partial charge is 0.481 e. The Labute approximate surface area is 105 Å². The molecule has 0 atom stereocenters. The zero-order valence-electron chi connectivity index (χ0n) is 10.3. The summed E-state index contributed by atoms with van der Waals surface area (Å²) in [6.07, 6.45) is -0.440. The lowest BCUT2D eigenvalue weighted by molar-refractivity contribution is -0.386. The van der Waals surface area contributed by atoms with Crippen molar-refractivity contribution in [1.29, 1.82) is 0 Å². The summed E-state index contributed by atoms with van der Waals surface area (Å²) in [5, 5.41) is 11.1. The van der Waals surface area contributed by atoms with E-state index in [4.69, 9.17) is 14.2 Å². The summed E-state index contributed by atoms with van der Waals surface area (Å²) < 4.78 is 16.0. The molecule has 6 heteroatoms. The fourth-order valence-electron chi connectivity index (χ4n) is 1.83. The molecule has 1 fully saturated rings. The topological polar surface area (TPSA) is 70.8 Å². The van der Waals surface area contributed by atoms with Crippen molar-refractivity contribution in [2.24, 2.45) is 0 Å². The van der Waals surface area contributed by atoms with Crippen LogP contribution in [0.25, 0.3) is 0 Å². The number of rotatable bonds is 4. The number of benzene rings is 1. The maximum atomic E-state index is 11.1. The predicted molar refractivity (Wildman–Crippen MR) is 63.8 cm³/mol. The van der Waals surface area contributed by atoms with Gasteiger partial charge in [0.2, 0.25) is 5.75 Å². The third-order valence-electron chi connectivity index (χ3n) is 2.77. The average Bonchev–Trinajstić information content (AvgIpc) is 2.82. The van der Waals surface area contributed by atoms with Gasteiger partial charge in [-0.15, -0.1) is 0 Å². The number of nitrogens with zero attached hydrogens (tertiary/aromatic N) is 1. The molecule has 0 aromatic heterocycles. The lowest BCUT2D eigenvalue weighted by Gasteiger charge is -2.13. The lowest BCUT2D eigenvalue weighted by Crippen LogP contribution is -2.19. The molecule has 1 aromatic rings. The standard InChI is InChI=1S/C12H15NO5/c1-8-3-4-9(2)12(11(8)13(14)15)18-7-10-16-5-6-17-10/h3-4,10H,5-7H2,1-2H3. The van der Waals surface area contributed by atoms with Gasteiger partial charge in [0.05, 0.1) is 18.1 Å². The van der Waals surface area contributed by atoms with E-state index in [9.17, 15) is 10.1 Å². The van der Waals surface area contributed by atoms with Crippen molar-refractivity contribution in [2.75, 3.05) is 19.8 Å². The fourth-order valence-corrected chi connectivity index (χ4v) is 1.83. The highest BCUT2D eigenvalue weighted by atomic mass is 16.7. The van der Waals surface area contributed by atoms with Crippen molar-refractivity contribution in [3.8, 4) is 5.75 Å². The molecule has 0 saturated carbocycles. The number of hydrogen-bond acceptors (Lipinski definition) is 5. The smallest absolute Gasteiger partial charge is 0.314 e. The Bertz CT molecular complexity index is 454. The molecular formula is C12H15NO5. The quantitative estimate of drug-likeness (QED) is 0.606. The van der Waals surface area contributed by atoms with E-state index < -0.39 is 11.2 Å². The van der Waals surface area contributed by atoms with Crippen LogP contribution in [0.4, 0.5) is 5.69 Å². The van der Waals surface area contributed by atoms with Crippen LogP contribution in [0.15, 0.2) is 12.1 Å². The van der Waals surface area contributed by atoms with Crippen molar-refractivity contribution in [2.45, 2.75) is 20.1 Å². The summed E-state index contributed by atoms with van der Waals surface area (Å²) in [5.41, 5.74) is 1.31. The molecule has 6 nitrogen and oxygen atoms in total. The van der Waals surface area contributed by atoms with Crippen LogP contribution in [0.3, 0.4) is 0 Å². The molecule has 18 heavy (non-hydrogen) atoms. The van der Waals surface area contributed by atoms with Crippen molar-refractivity contribution in [3.05, 3.63) is 33.4 Å². The van der Waals surface area contributed by atoms with Crippen LogP contribution < -0.4 is 4.74 Å². The maximum Gasteiger partial charge on any atom is 0.314 e. The van der Waals surface area contributed by atoms with Crippen LogP contribution in [-0.4, -0.2) is 31.0 Å². The SMILES string of the molecule is Cc1ccc(C)c([N+](=O)[O-])c1OCC1OCCO1. The minimum Gasteiger partial charge on any atom is -0.481 e. The van der Waals surface area contributed by atoms with Gasteiger partial charge in [-0.3, -0.25) is 10.1 Å². The van der Waals surface area contributed by atoms with Gasteiger partial charge in [0.25, 0.3) is 0 Å². The highest BCUT2D eigenvalue weighted by Crippen LogP contribution is 2.34. The van der Waals surface area contributed by atoms with E-state index in [1.165, 1.54) is 0 Å². The molecule has 1 saturated heterocycles.